The molecule has 1 aliphatic carbocycles. The standard InChI is InChI=1S/C17H24ClNO/c1-13-8-14(2)10-15(9-13)16(20)19-12-17(11-18)6-4-3-5-7-17/h8-10H,3-7,11-12H2,1-2H3,(H,19,20). The van der Waals surface area contributed by atoms with Crippen LogP contribution < -0.4 is 5.32 Å². The normalized spacial score (nSPS) is 17.8. The van der Waals surface area contributed by atoms with Crippen LogP contribution in [0.3, 0.4) is 0 Å². The van der Waals surface area contributed by atoms with Gasteiger partial charge in [-0.2, -0.15) is 0 Å². The van der Waals surface area contributed by atoms with Gasteiger partial charge in [-0.25, -0.2) is 0 Å². The molecule has 0 radical (unpaired) electrons. The molecule has 1 aromatic carbocycles. The molecule has 1 aliphatic rings. The first-order valence-corrected chi connectivity index (χ1v) is 8.01. The Morgan fingerprint density at radius 3 is 2.30 bits per heavy atom. The second kappa shape index (κ2) is 6.62. The van der Waals surface area contributed by atoms with Gasteiger partial charge in [0.1, 0.15) is 0 Å². The molecule has 0 bridgehead atoms. The predicted molar refractivity (Wildman–Crippen MR) is 84.5 cm³/mol. The summed E-state index contributed by atoms with van der Waals surface area (Å²) in [5.41, 5.74) is 3.11. The van der Waals surface area contributed by atoms with Crippen LogP contribution in [0, 0.1) is 19.3 Å². The van der Waals surface area contributed by atoms with E-state index in [9.17, 15) is 4.79 Å². The van der Waals surface area contributed by atoms with Crippen molar-refractivity contribution in [2.75, 3.05) is 12.4 Å². The SMILES string of the molecule is Cc1cc(C)cc(C(=O)NCC2(CCl)CCCCC2)c1. The predicted octanol–water partition coefficient (Wildman–Crippen LogP) is 4.22. The fourth-order valence-corrected chi connectivity index (χ4v) is 3.50. The molecule has 1 saturated carbocycles. The Morgan fingerprint density at radius 1 is 1.15 bits per heavy atom. The van der Waals surface area contributed by atoms with Crippen molar-refractivity contribution in [2.24, 2.45) is 5.41 Å². The highest BCUT2D eigenvalue weighted by atomic mass is 35.5. The van der Waals surface area contributed by atoms with E-state index < -0.39 is 0 Å². The lowest BCUT2D eigenvalue weighted by Gasteiger charge is -2.35. The van der Waals surface area contributed by atoms with E-state index in [4.69, 9.17) is 11.6 Å². The number of amides is 1. The quantitative estimate of drug-likeness (QED) is 0.827. The van der Waals surface area contributed by atoms with Crippen LogP contribution in [0.5, 0.6) is 0 Å². The van der Waals surface area contributed by atoms with Gasteiger partial charge in [-0.15, -0.1) is 11.6 Å². The number of rotatable bonds is 4. The van der Waals surface area contributed by atoms with Crippen molar-refractivity contribution in [3.8, 4) is 0 Å². The molecule has 0 heterocycles. The maximum Gasteiger partial charge on any atom is 0.251 e. The number of halogens is 1. The number of nitrogens with one attached hydrogen (secondary N) is 1. The number of aryl methyl sites for hydroxylation is 2. The Labute approximate surface area is 126 Å². The van der Waals surface area contributed by atoms with Crippen molar-refractivity contribution in [3.63, 3.8) is 0 Å². The van der Waals surface area contributed by atoms with Crippen molar-refractivity contribution in [3.05, 3.63) is 34.9 Å². The molecule has 0 spiro atoms. The summed E-state index contributed by atoms with van der Waals surface area (Å²) in [6.07, 6.45) is 6.01. The maximum atomic E-state index is 12.3. The molecule has 0 atom stereocenters. The fraction of sp³-hybridized carbons (Fsp3) is 0.588. The van der Waals surface area contributed by atoms with Crippen LogP contribution in [-0.4, -0.2) is 18.3 Å². The molecule has 3 heteroatoms. The number of benzene rings is 1. The molecule has 1 amide bonds. The van der Waals surface area contributed by atoms with E-state index in [1.165, 1.54) is 19.3 Å². The summed E-state index contributed by atoms with van der Waals surface area (Å²) in [4.78, 5) is 12.3. The molecule has 20 heavy (non-hydrogen) atoms. The van der Waals surface area contributed by atoms with Gasteiger partial charge in [-0.05, 0) is 38.8 Å². The summed E-state index contributed by atoms with van der Waals surface area (Å²) in [5.74, 6) is 0.659. The van der Waals surface area contributed by atoms with Crippen LogP contribution in [0.4, 0.5) is 0 Å². The Bertz CT molecular complexity index is 458. The van der Waals surface area contributed by atoms with E-state index in [2.05, 4.69) is 11.4 Å². The summed E-state index contributed by atoms with van der Waals surface area (Å²) in [6, 6.07) is 5.96. The Balaban J connectivity index is 2.00. The number of carbonyl (C=O) groups excluding carboxylic acids is 1. The van der Waals surface area contributed by atoms with E-state index in [0.717, 1.165) is 29.5 Å². The Morgan fingerprint density at radius 2 is 1.75 bits per heavy atom. The highest BCUT2D eigenvalue weighted by molar-refractivity contribution is 6.18. The number of hydrogen-bond acceptors (Lipinski definition) is 1. The van der Waals surface area contributed by atoms with Crippen LogP contribution in [-0.2, 0) is 0 Å². The van der Waals surface area contributed by atoms with Crippen molar-refractivity contribution in [1.29, 1.82) is 0 Å². The molecule has 110 valence electrons. The molecule has 2 rings (SSSR count). The molecule has 1 aromatic rings. The van der Waals surface area contributed by atoms with E-state index in [1.807, 2.05) is 26.0 Å². The zero-order valence-corrected chi connectivity index (χ0v) is 13.2. The minimum absolute atomic E-state index is 0.0202. The second-order valence-electron chi connectivity index (χ2n) is 6.25. The largest absolute Gasteiger partial charge is 0.351 e. The molecule has 0 saturated heterocycles. The zero-order chi connectivity index (χ0) is 14.6. The molecular weight excluding hydrogens is 270 g/mol. The first-order chi connectivity index (χ1) is 9.54. The van der Waals surface area contributed by atoms with Gasteiger partial charge in [0, 0.05) is 23.4 Å². The van der Waals surface area contributed by atoms with E-state index in [0.29, 0.717) is 12.4 Å². The summed E-state index contributed by atoms with van der Waals surface area (Å²) in [7, 11) is 0. The minimum Gasteiger partial charge on any atom is -0.351 e. The first-order valence-electron chi connectivity index (χ1n) is 7.47. The van der Waals surface area contributed by atoms with E-state index >= 15 is 0 Å². The van der Waals surface area contributed by atoms with Crippen LogP contribution in [0.2, 0.25) is 0 Å². The molecular formula is C17H24ClNO. The Hall–Kier alpha value is -1.02. The van der Waals surface area contributed by atoms with Gasteiger partial charge in [-0.3, -0.25) is 4.79 Å². The van der Waals surface area contributed by atoms with Crippen molar-refractivity contribution in [1.82, 2.24) is 5.32 Å². The van der Waals surface area contributed by atoms with Gasteiger partial charge < -0.3 is 5.32 Å². The lowest BCUT2D eigenvalue weighted by atomic mass is 9.75. The van der Waals surface area contributed by atoms with E-state index in [1.54, 1.807) is 0 Å². The number of carbonyl (C=O) groups is 1. The monoisotopic (exact) mass is 293 g/mol. The van der Waals surface area contributed by atoms with E-state index in [-0.39, 0.29) is 11.3 Å². The van der Waals surface area contributed by atoms with Gasteiger partial charge in [-0.1, -0.05) is 36.5 Å². The van der Waals surface area contributed by atoms with Gasteiger partial charge in [0.25, 0.3) is 5.91 Å². The van der Waals surface area contributed by atoms with Crippen LogP contribution in [0.1, 0.15) is 53.6 Å². The molecule has 0 unspecified atom stereocenters. The third kappa shape index (κ3) is 3.76. The average molecular weight is 294 g/mol. The van der Waals surface area contributed by atoms with Gasteiger partial charge in [0.15, 0.2) is 0 Å². The van der Waals surface area contributed by atoms with Crippen LogP contribution >= 0.6 is 11.6 Å². The van der Waals surface area contributed by atoms with Gasteiger partial charge in [0.05, 0.1) is 0 Å². The zero-order valence-electron chi connectivity index (χ0n) is 12.5. The number of hydrogen-bond donors (Lipinski definition) is 1. The lowest BCUT2D eigenvalue weighted by molar-refractivity contribution is 0.0920. The highest BCUT2D eigenvalue weighted by Gasteiger charge is 2.31. The van der Waals surface area contributed by atoms with Gasteiger partial charge in [0.2, 0.25) is 0 Å². The van der Waals surface area contributed by atoms with Crippen LogP contribution in [0.15, 0.2) is 18.2 Å². The maximum absolute atomic E-state index is 12.3. The van der Waals surface area contributed by atoms with Crippen molar-refractivity contribution < 1.29 is 4.79 Å². The highest BCUT2D eigenvalue weighted by Crippen LogP contribution is 2.36. The third-order valence-corrected chi connectivity index (χ3v) is 4.87. The third-order valence-electron chi connectivity index (χ3n) is 4.31. The second-order valence-corrected chi connectivity index (χ2v) is 6.52. The molecule has 0 aromatic heterocycles. The first kappa shape index (κ1) is 15.4. The minimum atomic E-state index is 0.0202. The fourth-order valence-electron chi connectivity index (χ4n) is 3.14. The smallest absolute Gasteiger partial charge is 0.251 e. The molecule has 0 aliphatic heterocycles. The molecule has 2 nitrogen and oxygen atoms in total. The van der Waals surface area contributed by atoms with Crippen molar-refractivity contribution in [2.45, 2.75) is 46.0 Å². The molecule has 1 N–H and O–H groups in total. The number of alkyl halides is 1. The van der Waals surface area contributed by atoms with Crippen LogP contribution in [0.25, 0.3) is 0 Å². The van der Waals surface area contributed by atoms with Gasteiger partial charge >= 0.3 is 0 Å². The Kier molecular flexibility index (Phi) is 5.09. The topological polar surface area (TPSA) is 29.1 Å². The summed E-state index contributed by atoms with van der Waals surface area (Å²) < 4.78 is 0. The molecule has 1 fully saturated rings. The van der Waals surface area contributed by atoms with Crippen molar-refractivity contribution >= 4 is 17.5 Å². The summed E-state index contributed by atoms with van der Waals surface area (Å²) in [6.45, 7) is 4.73. The summed E-state index contributed by atoms with van der Waals surface area (Å²) in [5, 5.41) is 3.09. The summed E-state index contributed by atoms with van der Waals surface area (Å²) >= 11 is 6.17. The average Bonchev–Trinajstić information content (AvgIpc) is 2.45. The lowest BCUT2D eigenvalue weighted by Crippen LogP contribution is -2.40.